The van der Waals surface area contributed by atoms with Crippen LogP contribution in [0.5, 0.6) is 5.75 Å². The van der Waals surface area contributed by atoms with Crippen molar-refractivity contribution >= 4 is 38.9 Å². The molecule has 0 fully saturated rings. The van der Waals surface area contributed by atoms with Crippen LogP contribution in [0, 0.1) is 0 Å². The van der Waals surface area contributed by atoms with Crippen LogP contribution in [0.15, 0.2) is 44.5 Å². The van der Waals surface area contributed by atoms with E-state index in [9.17, 15) is 4.79 Å². The van der Waals surface area contributed by atoms with Crippen molar-refractivity contribution in [3.05, 3.63) is 40.8 Å². The summed E-state index contributed by atoms with van der Waals surface area (Å²) in [4.78, 5) is 15.9. The Bertz CT molecular complexity index is 711. The van der Waals surface area contributed by atoms with E-state index in [0.29, 0.717) is 17.9 Å². The van der Waals surface area contributed by atoms with Gasteiger partial charge in [0.15, 0.2) is 0 Å². The van der Waals surface area contributed by atoms with Crippen molar-refractivity contribution in [1.29, 1.82) is 0 Å². The molecule has 0 saturated heterocycles. The minimum Gasteiger partial charge on any atom is -0.493 e. The molecule has 0 radical (unpaired) electrons. The van der Waals surface area contributed by atoms with Crippen molar-refractivity contribution < 1.29 is 9.15 Å². The zero-order chi connectivity index (χ0) is 14.5. The predicted molar refractivity (Wildman–Crippen MR) is 89.8 cm³/mol. The number of fused-ring (bicyclic) bond motifs is 1. The maximum absolute atomic E-state index is 11.5. The first-order valence-corrected chi connectivity index (χ1v) is 8.76. The quantitative estimate of drug-likeness (QED) is 0.624. The molecule has 0 unspecified atom stereocenters. The van der Waals surface area contributed by atoms with E-state index in [1.54, 1.807) is 17.8 Å². The summed E-state index contributed by atoms with van der Waals surface area (Å²) < 4.78 is 12.1. The van der Waals surface area contributed by atoms with Crippen LogP contribution < -0.4 is 10.4 Å². The van der Waals surface area contributed by atoms with Crippen LogP contribution in [0.3, 0.4) is 0 Å². The maximum atomic E-state index is 11.5. The molecule has 1 aliphatic rings. The molecule has 4 nitrogen and oxygen atoms in total. The van der Waals surface area contributed by atoms with Crippen LogP contribution in [0.2, 0.25) is 0 Å². The second-order valence-corrected chi connectivity index (χ2v) is 6.90. The molecule has 2 aromatic rings. The highest BCUT2D eigenvalue weighted by molar-refractivity contribution is 8.39. The van der Waals surface area contributed by atoms with Gasteiger partial charge in [-0.05, 0) is 18.6 Å². The van der Waals surface area contributed by atoms with Gasteiger partial charge in [-0.25, -0.2) is 4.79 Å². The highest BCUT2D eigenvalue weighted by Crippen LogP contribution is 2.24. The molecular formula is C15H15NO3S2. The molecule has 3 rings (SSSR count). The van der Waals surface area contributed by atoms with E-state index in [-0.39, 0.29) is 5.63 Å². The summed E-state index contributed by atoms with van der Waals surface area (Å²) in [5.41, 5.74) is 0.181. The summed E-state index contributed by atoms with van der Waals surface area (Å²) in [7, 11) is 0. The highest BCUT2D eigenvalue weighted by Gasteiger charge is 2.08. The molecule has 1 aliphatic heterocycles. The van der Waals surface area contributed by atoms with Crippen molar-refractivity contribution in [3.63, 3.8) is 0 Å². The van der Waals surface area contributed by atoms with E-state index in [1.165, 1.54) is 10.4 Å². The highest BCUT2D eigenvalue weighted by atomic mass is 32.2. The third-order valence-corrected chi connectivity index (χ3v) is 5.28. The van der Waals surface area contributed by atoms with Crippen LogP contribution in [0.1, 0.15) is 6.42 Å². The van der Waals surface area contributed by atoms with Crippen LogP contribution in [-0.4, -0.2) is 29.0 Å². The number of benzene rings is 1. The monoisotopic (exact) mass is 321 g/mol. The molecule has 110 valence electrons. The van der Waals surface area contributed by atoms with Gasteiger partial charge in [0.2, 0.25) is 0 Å². The van der Waals surface area contributed by atoms with E-state index in [1.807, 2.05) is 30.0 Å². The summed E-state index contributed by atoms with van der Waals surface area (Å²) in [5, 5.41) is 0.834. The first kappa shape index (κ1) is 14.5. The Morgan fingerprint density at radius 1 is 1.38 bits per heavy atom. The van der Waals surface area contributed by atoms with E-state index in [0.717, 1.165) is 29.9 Å². The number of rotatable bonds is 5. The summed E-state index contributed by atoms with van der Waals surface area (Å²) in [6.45, 7) is 1.52. The molecule has 2 heterocycles. The number of hydrogen-bond acceptors (Lipinski definition) is 6. The second-order valence-electron chi connectivity index (χ2n) is 4.47. The van der Waals surface area contributed by atoms with E-state index >= 15 is 0 Å². The number of para-hydroxylation sites is 1. The fraction of sp³-hybridized carbons (Fsp3) is 0.333. The standard InChI is InChI=1S/C15H15NO3S2/c17-14-10-13(11-4-1-2-5-12(11)19-14)18-7-3-8-20-15-16-6-9-21-15/h1-2,4-5,10H,3,6-9H2. The van der Waals surface area contributed by atoms with Gasteiger partial charge in [0.1, 0.15) is 15.7 Å². The molecule has 1 aromatic heterocycles. The Kier molecular flexibility index (Phi) is 4.87. The van der Waals surface area contributed by atoms with Gasteiger partial charge in [-0.3, -0.25) is 4.99 Å². The zero-order valence-electron chi connectivity index (χ0n) is 11.4. The normalized spacial score (nSPS) is 14.4. The molecule has 0 aliphatic carbocycles. The molecule has 0 saturated carbocycles. The summed E-state index contributed by atoms with van der Waals surface area (Å²) >= 11 is 3.60. The van der Waals surface area contributed by atoms with Gasteiger partial charge < -0.3 is 9.15 Å². The lowest BCUT2D eigenvalue weighted by Gasteiger charge is -2.08. The number of aliphatic imine (C=N–C) groups is 1. The molecule has 0 atom stereocenters. The lowest BCUT2D eigenvalue weighted by atomic mass is 10.2. The molecule has 1 aromatic carbocycles. The maximum Gasteiger partial charge on any atom is 0.339 e. The van der Waals surface area contributed by atoms with Crippen LogP contribution >= 0.6 is 23.5 Å². The van der Waals surface area contributed by atoms with Gasteiger partial charge in [0.25, 0.3) is 0 Å². The van der Waals surface area contributed by atoms with E-state index in [2.05, 4.69) is 4.99 Å². The third-order valence-electron chi connectivity index (χ3n) is 2.94. The average Bonchev–Trinajstić information content (AvgIpc) is 3.00. The van der Waals surface area contributed by atoms with E-state index < -0.39 is 0 Å². The van der Waals surface area contributed by atoms with Gasteiger partial charge >= 0.3 is 5.63 Å². The molecule has 0 bridgehead atoms. The fourth-order valence-corrected chi connectivity index (χ4v) is 4.00. The first-order valence-electron chi connectivity index (χ1n) is 6.79. The van der Waals surface area contributed by atoms with Crippen molar-refractivity contribution in [2.45, 2.75) is 6.42 Å². The van der Waals surface area contributed by atoms with E-state index in [4.69, 9.17) is 9.15 Å². The van der Waals surface area contributed by atoms with Crippen LogP contribution in [-0.2, 0) is 0 Å². The summed E-state index contributed by atoms with van der Waals surface area (Å²) in [6.07, 6.45) is 0.915. The SMILES string of the molecule is O=c1cc(OCCCSC2=NCCS2)c2ccccc2o1. The molecule has 0 spiro atoms. The minimum absolute atomic E-state index is 0.380. The summed E-state index contributed by atoms with van der Waals surface area (Å²) in [5.74, 6) is 2.68. The van der Waals surface area contributed by atoms with Crippen molar-refractivity contribution in [3.8, 4) is 5.75 Å². The van der Waals surface area contributed by atoms with Crippen LogP contribution in [0.4, 0.5) is 0 Å². The van der Waals surface area contributed by atoms with Crippen molar-refractivity contribution in [2.75, 3.05) is 24.7 Å². The zero-order valence-corrected chi connectivity index (χ0v) is 13.0. The van der Waals surface area contributed by atoms with Gasteiger partial charge in [0, 0.05) is 11.5 Å². The number of ether oxygens (including phenoxy) is 1. The first-order chi connectivity index (χ1) is 10.3. The molecule has 0 amide bonds. The third kappa shape index (κ3) is 3.83. The Hall–Kier alpha value is -1.40. The van der Waals surface area contributed by atoms with Gasteiger partial charge in [0.05, 0.1) is 24.6 Å². The van der Waals surface area contributed by atoms with Crippen molar-refractivity contribution in [2.24, 2.45) is 4.99 Å². The molecule has 6 heteroatoms. The Morgan fingerprint density at radius 2 is 2.29 bits per heavy atom. The minimum atomic E-state index is -0.380. The van der Waals surface area contributed by atoms with Gasteiger partial charge in [-0.15, -0.1) is 0 Å². The number of hydrogen-bond donors (Lipinski definition) is 0. The van der Waals surface area contributed by atoms with Crippen LogP contribution in [0.25, 0.3) is 11.0 Å². The number of nitrogens with zero attached hydrogens (tertiary/aromatic N) is 1. The predicted octanol–water partition coefficient (Wildman–Crippen LogP) is 3.40. The van der Waals surface area contributed by atoms with Crippen molar-refractivity contribution in [1.82, 2.24) is 0 Å². The lowest BCUT2D eigenvalue weighted by molar-refractivity contribution is 0.320. The Labute approximate surface area is 131 Å². The molecule has 21 heavy (non-hydrogen) atoms. The smallest absolute Gasteiger partial charge is 0.339 e. The second kappa shape index (κ2) is 7.04. The molecular weight excluding hydrogens is 306 g/mol. The lowest BCUT2D eigenvalue weighted by Crippen LogP contribution is -2.04. The largest absolute Gasteiger partial charge is 0.493 e. The Balaban J connectivity index is 1.56. The number of thioether (sulfide) groups is 2. The molecule has 0 N–H and O–H groups in total. The Morgan fingerprint density at radius 3 is 3.14 bits per heavy atom. The fourth-order valence-electron chi connectivity index (χ4n) is 2.00. The van der Waals surface area contributed by atoms with Gasteiger partial charge in [-0.1, -0.05) is 35.7 Å². The summed E-state index contributed by atoms with van der Waals surface area (Å²) in [6, 6.07) is 8.82. The average molecular weight is 321 g/mol. The topological polar surface area (TPSA) is 51.8 Å². The van der Waals surface area contributed by atoms with Gasteiger partial charge in [-0.2, -0.15) is 0 Å².